The SMILES string of the molecule is N#Cc1ccc(F)c(CS(=O)c2ccc(C(=O)O)cc2)c1. The van der Waals surface area contributed by atoms with Gasteiger partial charge in [-0.2, -0.15) is 5.26 Å². The van der Waals surface area contributed by atoms with Gasteiger partial charge in [0.2, 0.25) is 0 Å². The molecule has 0 heterocycles. The number of aromatic carboxylic acids is 1. The zero-order valence-corrected chi connectivity index (χ0v) is 11.6. The Morgan fingerprint density at radius 2 is 1.90 bits per heavy atom. The van der Waals surface area contributed by atoms with Crippen molar-refractivity contribution in [2.75, 3.05) is 0 Å². The first-order valence-corrected chi connectivity index (χ1v) is 7.23. The lowest BCUT2D eigenvalue weighted by atomic mass is 10.1. The van der Waals surface area contributed by atoms with Gasteiger partial charge < -0.3 is 5.11 Å². The van der Waals surface area contributed by atoms with Crippen LogP contribution in [0.3, 0.4) is 0 Å². The summed E-state index contributed by atoms with van der Waals surface area (Å²) < 4.78 is 25.8. The largest absolute Gasteiger partial charge is 0.478 e. The van der Waals surface area contributed by atoms with E-state index in [1.54, 1.807) is 0 Å². The molecule has 2 rings (SSSR count). The summed E-state index contributed by atoms with van der Waals surface area (Å²) in [6, 6.07) is 11.3. The molecule has 4 nitrogen and oxygen atoms in total. The van der Waals surface area contributed by atoms with E-state index in [0.717, 1.165) is 0 Å². The van der Waals surface area contributed by atoms with E-state index >= 15 is 0 Å². The Balaban J connectivity index is 2.22. The number of carboxylic acid groups (broad SMARTS) is 1. The van der Waals surface area contributed by atoms with Crippen LogP contribution in [0.5, 0.6) is 0 Å². The van der Waals surface area contributed by atoms with Crippen molar-refractivity contribution in [3.63, 3.8) is 0 Å². The van der Waals surface area contributed by atoms with Gasteiger partial charge in [-0.3, -0.25) is 4.21 Å². The number of hydrogen-bond acceptors (Lipinski definition) is 3. The van der Waals surface area contributed by atoms with Crippen molar-refractivity contribution in [1.82, 2.24) is 0 Å². The minimum Gasteiger partial charge on any atom is -0.478 e. The van der Waals surface area contributed by atoms with E-state index in [1.807, 2.05) is 6.07 Å². The molecule has 2 aromatic rings. The van der Waals surface area contributed by atoms with Crippen LogP contribution >= 0.6 is 0 Å². The summed E-state index contributed by atoms with van der Waals surface area (Å²) in [4.78, 5) is 11.1. The van der Waals surface area contributed by atoms with Gasteiger partial charge in [-0.15, -0.1) is 0 Å². The van der Waals surface area contributed by atoms with Crippen LogP contribution in [0.25, 0.3) is 0 Å². The molecule has 0 spiro atoms. The quantitative estimate of drug-likeness (QED) is 0.942. The third-order valence-electron chi connectivity index (χ3n) is 2.83. The Kier molecular flexibility index (Phi) is 4.45. The second-order valence-electron chi connectivity index (χ2n) is 4.24. The molecule has 1 N–H and O–H groups in total. The van der Waals surface area contributed by atoms with Gasteiger partial charge >= 0.3 is 5.97 Å². The number of benzene rings is 2. The van der Waals surface area contributed by atoms with E-state index in [1.165, 1.54) is 42.5 Å². The van der Waals surface area contributed by atoms with Gasteiger partial charge in [0.15, 0.2) is 0 Å². The monoisotopic (exact) mass is 303 g/mol. The molecule has 1 atom stereocenters. The fourth-order valence-electron chi connectivity index (χ4n) is 1.73. The van der Waals surface area contributed by atoms with Gasteiger partial charge in [0, 0.05) is 10.5 Å². The Morgan fingerprint density at radius 1 is 1.24 bits per heavy atom. The van der Waals surface area contributed by atoms with Gasteiger partial charge in [-0.1, -0.05) is 0 Å². The minimum atomic E-state index is -1.52. The van der Waals surface area contributed by atoms with Gasteiger partial charge in [0.25, 0.3) is 0 Å². The molecule has 0 aromatic heterocycles. The van der Waals surface area contributed by atoms with Gasteiger partial charge in [-0.05, 0) is 42.5 Å². The maximum absolute atomic E-state index is 13.6. The molecule has 0 radical (unpaired) electrons. The van der Waals surface area contributed by atoms with Crippen LogP contribution in [-0.2, 0) is 16.6 Å². The third-order valence-corrected chi connectivity index (χ3v) is 4.20. The zero-order valence-electron chi connectivity index (χ0n) is 10.7. The molecule has 0 fully saturated rings. The van der Waals surface area contributed by atoms with Crippen molar-refractivity contribution in [2.24, 2.45) is 0 Å². The topological polar surface area (TPSA) is 78.2 Å². The molecule has 0 amide bonds. The van der Waals surface area contributed by atoms with Crippen LogP contribution in [-0.4, -0.2) is 15.3 Å². The standard InChI is InChI=1S/C15H10FNO3S/c16-14-6-1-10(8-17)7-12(14)9-21(20)13-4-2-11(3-5-13)15(18)19/h1-7H,9H2,(H,18,19). The molecular formula is C15H10FNO3S. The molecule has 0 saturated carbocycles. The van der Waals surface area contributed by atoms with Crippen molar-refractivity contribution >= 4 is 16.8 Å². The fraction of sp³-hybridized carbons (Fsp3) is 0.0667. The van der Waals surface area contributed by atoms with Crippen molar-refractivity contribution in [1.29, 1.82) is 5.26 Å². The van der Waals surface area contributed by atoms with E-state index in [-0.39, 0.29) is 16.9 Å². The fourth-order valence-corrected chi connectivity index (χ4v) is 2.84. The van der Waals surface area contributed by atoms with Crippen LogP contribution < -0.4 is 0 Å². The predicted molar refractivity (Wildman–Crippen MR) is 74.6 cm³/mol. The highest BCUT2D eigenvalue weighted by molar-refractivity contribution is 7.84. The minimum absolute atomic E-state index is 0.0756. The number of nitrogens with zero attached hydrogens (tertiary/aromatic N) is 1. The van der Waals surface area contributed by atoms with Gasteiger partial charge in [-0.25, -0.2) is 9.18 Å². The number of rotatable bonds is 4. The smallest absolute Gasteiger partial charge is 0.335 e. The van der Waals surface area contributed by atoms with Crippen molar-refractivity contribution in [2.45, 2.75) is 10.6 Å². The number of carboxylic acids is 1. The van der Waals surface area contributed by atoms with E-state index < -0.39 is 22.6 Å². The van der Waals surface area contributed by atoms with E-state index in [4.69, 9.17) is 10.4 Å². The second kappa shape index (κ2) is 6.29. The van der Waals surface area contributed by atoms with E-state index in [2.05, 4.69) is 0 Å². The average Bonchev–Trinajstić information content (AvgIpc) is 2.49. The molecular weight excluding hydrogens is 293 g/mol. The molecule has 0 bridgehead atoms. The summed E-state index contributed by atoms with van der Waals surface area (Å²) in [5.41, 5.74) is 0.577. The van der Waals surface area contributed by atoms with Gasteiger partial charge in [0.1, 0.15) is 5.82 Å². The van der Waals surface area contributed by atoms with Crippen molar-refractivity contribution in [3.8, 4) is 6.07 Å². The summed E-state index contributed by atoms with van der Waals surface area (Å²) in [5, 5.41) is 17.6. The Morgan fingerprint density at radius 3 is 2.48 bits per heavy atom. The molecule has 0 aliphatic rings. The third kappa shape index (κ3) is 3.52. The highest BCUT2D eigenvalue weighted by Gasteiger charge is 2.11. The summed E-state index contributed by atoms with van der Waals surface area (Å²) in [6.07, 6.45) is 0. The van der Waals surface area contributed by atoms with Crippen LogP contribution in [0, 0.1) is 17.1 Å². The Hall–Kier alpha value is -2.52. The summed E-state index contributed by atoms with van der Waals surface area (Å²) in [6.45, 7) is 0. The van der Waals surface area contributed by atoms with Crippen molar-refractivity contribution < 1.29 is 18.5 Å². The lowest BCUT2D eigenvalue weighted by Crippen LogP contribution is -2.01. The first-order chi connectivity index (χ1) is 10.0. The normalized spacial score (nSPS) is 11.6. The molecule has 0 aliphatic carbocycles. The molecule has 106 valence electrons. The van der Waals surface area contributed by atoms with E-state index in [0.29, 0.717) is 10.5 Å². The molecule has 6 heteroatoms. The van der Waals surface area contributed by atoms with E-state index in [9.17, 15) is 13.4 Å². The van der Waals surface area contributed by atoms with Crippen LogP contribution in [0.1, 0.15) is 21.5 Å². The number of carbonyl (C=O) groups is 1. The molecule has 2 aromatic carbocycles. The molecule has 0 aliphatic heterocycles. The highest BCUT2D eigenvalue weighted by Crippen LogP contribution is 2.17. The Labute approximate surface area is 122 Å². The first-order valence-electron chi connectivity index (χ1n) is 5.91. The number of hydrogen-bond donors (Lipinski definition) is 1. The summed E-state index contributed by atoms with van der Waals surface area (Å²) in [7, 11) is -1.52. The van der Waals surface area contributed by atoms with Crippen LogP contribution in [0.2, 0.25) is 0 Å². The second-order valence-corrected chi connectivity index (χ2v) is 5.69. The average molecular weight is 303 g/mol. The molecule has 1 unspecified atom stereocenters. The predicted octanol–water partition coefficient (Wildman–Crippen LogP) is 2.70. The van der Waals surface area contributed by atoms with Crippen LogP contribution in [0.15, 0.2) is 47.4 Å². The van der Waals surface area contributed by atoms with Crippen molar-refractivity contribution in [3.05, 3.63) is 65.0 Å². The summed E-state index contributed by atoms with van der Waals surface area (Å²) in [5.74, 6) is -1.67. The first kappa shape index (κ1) is 14.9. The van der Waals surface area contributed by atoms with Gasteiger partial charge in [0.05, 0.1) is 33.7 Å². The van der Waals surface area contributed by atoms with Crippen LogP contribution in [0.4, 0.5) is 4.39 Å². The lowest BCUT2D eigenvalue weighted by molar-refractivity contribution is 0.0697. The lowest BCUT2D eigenvalue weighted by Gasteiger charge is -2.05. The molecule has 0 saturated heterocycles. The number of halogens is 1. The maximum Gasteiger partial charge on any atom is 0.335 e. The highest BCUT2D eigenvalue weighted by atomic mass is 32.2. The Bertz CT molecular complexity index is 751. The maximum atomic E-state index is 13.6. The molecule has 21 heavy (non-hydrogen) atoms. The summed E-state index contributed by atoms with van der Waals surface area (Å²) >= 11 is 0. The zero-order chi connectivity index (χ0) is 15.4. The number of nitriles is 1.